The van der Waals surface area contributed by atoms with E-state index in [1.54, 1.807) is 0 Å². The fourth-order valence-electron chi connectivity index (χ4n) is 6.43. The van der Waals surface area contributed by atoms with Gasteiger partial charge in [-0.05, 0) is 81.4 Å². The number of benzene rings is 1. The van der Waals surface area contributed by atoms with E-state index in [9.17, 15) is 15.2 Å². The summed E-state index contributed by atoms with van der Waals surface area (Å²) in [6, 6.07) is 5.82. The molecular weight excluding hydrogens is 410 g/mol. The molecule has 0 spiro atoms. The molecule has 1 aromatic carbocycles. The second-order valence-electron chi connectivity index (χ2n) is 10.3. The van der Waals surface area contributed by atoms with Gasteiger partial charge in [-0.25, -0.2) is 0 Å². The molecule has 0 radical (unpaired) electrons. The molecule has 1 aromatic rings. The van der Waals surface area contributed by atoms with Crippen LogP contribution in [0.1, 0.15) is 51.5 Å². The van der Waals surface area contributed by atoms with Crippen LogP contribution in [0.15, 0.2) is 23.2 Å². The number of aliphatic imine (C=N–C) groups is 1. The van der Waals surface area contributed by atoms with Gasteiger partial charge in [0.25, 0.3) is 0 Å². The normalized spacial score (nSPS) is 32.6. The van der Waals surface area contributed by atoms with Gasteiger partial charge < -0.3 is 24.6 Å². The van der Waals surface area contributed by atoms with Crippen LogP contribution in [0.5, 0.6) is 11.5 Å². The number of rotatable bonds is 6. The molecule has 2 unspecified atom stereocenters. The van der Waals surface area contributed by atoms with Crippen LogP contribution in [-0.4, -0.2) is 35.3 Å². The van der Waals surface area contributed by atoms with Crippen molar-refractivity contribution in [3.05, 3.63) is 23.8 Å². The molecule has 8 nitrogen and oxygen atoms in total. The Kier molecular flexibility index (Phi) is 5.05. The van der Waals surface area contributed by atoms with E-state index in [-0.39, 0.29) is 24.7 Å². The third-order valence-electron chi connectivity index (χ3n) is 7.80. The lowest BCUT2D eigenvalue weighted by Crippen LogP contribution is -2.62. The summed E-state index contributed by atoms with van der Waals surface area (Å²) in [5.74, 6) is 2.35. The first kappa shape index (κ1) is 21.1. The van der Waals surface area contributed by atoms with E-state index in [1.165, 1.54) is 0 Å². The van der Waals surface area contributed by atoms with Crippen LogP contribution < -0.4 is 14.8 Å². The summed E-state index contributed by atoms with van der Waals surface area (Å²) in [6.07, 6.45) is 6.22. The SMILES string of the molecule is CC(C)(OCc1ccc2c(c1)OCO2)/C(=N/C#N)NC1C2CC3CC1CC(C(=O)O)(C3)C2. The number of hydrogen-bond donors (Lipinski definition) is 2. The smallest absolute Gasteiger partial charge is 0.309 e. The second-order valence-corrected chi connectivity index (χ2v) is 10.3. The number of carboxylic acid groups (broad SMARTS) is 1. The van der Waals surface area contributed by atoms with Crippen molar-refractivity contribution in [3.63, 3.8) is 0 Å². The molecule has 8 heteroatoms. The van der Waals surface area contributed by atoms with E-state index < -0.39 is 17.0 Å². The van der Waals surface area contributed by atoms with Crippen LogP contribution in [-0.2, 0) is 16.1 Å². The number of carboxylic acids is 1. The molecule has 4 fully saturated rings. The predicted octanol–water partition coefficient (Wildman–Crippen LogP) is 3.46. The number of nitrogens with zero attached hydrogens (tertiary/aromatic N) is 2. The molecule has 2 N–H and O–H groups in total. The van der Waals surface area contributed by atoms with Crippen molar-refractivity contribution in [1.29, 1.82) is 5.26 Å². The third kappa shape index (κ3) is 3.58. The molecule has 170 valence electrons. The Balaban J connectivity index is 1.29. The lowest BCUT2D eigenvalue weighted by Gasteiger charge is -2.58. The number of carbonyl (C=O) groups is 1. The summed E-state index contributed by atoms with van der Waals surface area (Å²) >= 11 is 0. The molecule has 32 heavy (non-hydrogen) atoms. The Morgan fingerprint density at radius 2 is 2.00 bits per heavy atom. The topological polar surface area (TPSA) is 113 Å². The van der Waals surface area contributed by atoms with Crippen molar-refractivity contribution in [2.24, 2.45) is 28.2 Å². The van der Waals surface area contributed by atoms with Crippen LogP contribution >= 0.6 is 0 Å². The molecule has 2 atom stereocenters. The first-order chi connectivity index (χ1) is 15.3. The first-order valence-corrected chi connectivity index (χ1v) is 11.3. The van der Waals surface area contributed by atoms with Gasteiger partial charge >= 0.3 is 5.97 Å². The standard InChI is InChI=1S/C24H29N3O5/c1-23(2,32-11-14-3-4-18-19(7-14)31-13-30-18)21(26-12-25)27-20-16-5-15-6-17(20)10-24(8-15,9-16)22(28)29/h3-4,7,15-17,20H,5-6,8-11,13H2,1-2H3,(H,26,27)(H,28,29). The highest BCUT2D eigenvalue weighted by Gasteiger charge is 2.59. The lowest BCUT2D eigenvalue weighted by molar-refractivity contribution is -0.166. The zero-order chi connectivity index (χ0) is 22.5. The molecule has 5 aliphatic rings. The molecule has 4 aliphatic carbocycles. The Hall–Kier alpha value is -2.79. The summed E-state index contributed by atoms with van der Waals surface area (Å²) in [5, 5.41) is 22.8. The van der Waals surface area contributed by atoms with E-state index in [2.05, 4.69) is 10.3 Å². The van der Waals surface area contributed by atoms with Crippen molar-refractivity contribution in [2.45, 2.75) is 64.2 Å². The predicted molar refractivity (Wildman–Crippen MR) is 115 cm³/mol. The van der Waals surface area contributed by atoms with E-state index in [4.69, 9.17) is 14.2 Å². The zero-order valence-corrected chi connectivity index (χ0v) is 18.5. The quantitative estimate of drug-likeness (QED) is 0.396. The molecule has 0 saturated heterocycles. The number of amidine groups is 1. The highest BCUT2D eigenvalue weighted by Crippen LogP contribution is 2.60. The summed E-state index contributed by atoms with van der Waals surface area (Å²) in [4.78, 5) is 16.1. The lowest BCUT2D eigenvalue weighted by atomic mass is 9.48. The maximum atomic E-state index is 12.0. The summed E-state index contributed by atoms with van der Waals surface area (Å²) in [6.45, 7) is 4.36. The second kappa shape index (κ2) is 7.66. The highest BCUT2D eigenvalue weighted by molar-refractivity contribution is 5.91. The molecule has 0 amide bonds. The van der Waals surface area contributed by atoms with Crippen molar-refractivity contribution < 1.29 is 24.1 Å². The monoisotopic (exact) mass is 439 g/mol. The number of hydrogen-bond acceptors (Lipinski definition) is 6. The highest BCUT2D eigenvalue weighted by atomic mass is 16.7. The Morgan fingerprint density at radius 1 is 1.28 bits per heavy atom. The van der Waals surface area contributed by atoms with Gasteiger partial charge in [-0.3, -0.25) is 4.79 Å². The van der Waals surface area contributed by atoms with Gasteiger partial charge in [-0.15, -0.1) is 0 Å². The minimum absolute atomic E-state index is 0.125. The average Bonchev–Trinajstić information content (AvgIpc) is 3.21. The summed E-state index contributed by atoms with van der Waals surface area (Å²) in [5.41, 5.74) is -0.436. The van der Waals surface area contributed by atoms with Gasteiger partial charge in [0.1, 0.15) is 11.4 Å². The summed E-state index contributed by atoms with van der Waals surface area (Å²) in [7, 11) is 0. The van der Waals surface area contributed by atoms with Crippen LogP contribution in [0, 0.1) is 34.6 Å². The van der Waals surface area contributed by atoms with E-state index >= 15 is 0 Å². The maximum Gasteiger partial charge on any atom is 0.309 e. The molecule has 6 rings (SSSR count). The molecule has 0 aromatic heterocycles. The number of nitriles is 1. The van der Waals surface area contributed by atoms with Crippen LogP contribution in [0.2, 0.25) is 0 Å². The van der Waals surface area contributed by atoms with Gasteiger partial charge in [-0.1, -0.05) is 6.07 Å². The van der Waals surface area contributed by atoms with Crippen molar-refractivity contribution in [3.8, 4) is 17.7 Å². The number of ether oxygens (including phenoxy) is 3. The average molecular weight is 440 g/mol. The Morgan fingerprint density at radius 3 is 2.69 bits per heavy atom. The van der Waals surface area contributed by atoms with Crippen LogP contribution in [0.4, 0.5) is 0 Å². The molecule has 4 saturated carbocycles. The van der Waals surface area contributed by atoms with Gasteiger partial charge in [0.05, 0.1) is 12.0 Å². The van der Waals surface area contributed by atoms with Gasteiger partial charge in [0.2, 0.25) is 13.0 Å². The molecular formula is C24H29N3O5. The number of aliphatic carboxylic acids is 1. The Bertz CT molecular complexity index is 982. The largest absolute Gasteiger partial charge is 0.481 e. The van der Waals surface area contributed by atoms with Gasteiger partial charge in [0.15, 0.2) is 11.5 Å². The zero-order valence-electron chi connectivity index (χ0n) is 18.5. The van der Waals surface area contributed by atoms with Crippen LogP contribution in [0.25, 0.3) is 0 Å². The van der Waals surface area contributed by atoms with E-state index in [0.717, 1.165) is 30.6 Å². The van der Waals surface area contributed by atoms with E-state index in [1.807, 2.05) is 38.2 Å². The fourth-order valence-corrected chi connectivity index (χ4v) is 6.43. The molecule has 4 bridgehead atoms. The van der Waals surface area contributed by atoms with Crippen molar-refractivity contribution >= 4 is 11.8 Å². The van der Waals surface area contributed by atoms with Gasteiger partial charge in [-0.2, -0.15) is 10.3 Å². The minimum atomic E-state index is -0.814. The van der Waals surface area contributed by atoms with Crippen LogP contribution in [0.3, 0.4) is 0 Å². The number of nitrogens with one attached hydrogen (secondary N) is 1. The molecule has 1 heterocycles. The van der Waals surface area contributed by atoms with E-state index in [0.29, 0.717) is 37.0 Å². The van der Waals surface area contributed by atoms with Crippen molar-refractivity contribution in [1.82, 2.24) is 5.32 Å². The van der Waals surface area contributed by atoms with Gasteiger partial charge in [0, 0.05) is 6.04 Å². The third-order valence-corrected chi connectivity index (χ3v) is 7.80. The minimum Gasteiger partial charge on any atom is -0.481 e. The number of fused-ring (bicyclic) bond motifs is 1. The molecule has 1 aliphatic heterocycles. The Labute approximate surface area is 187 Å². The summed E-state index contributed by atoms with van der Waals surface area (Å²) < 4.78 is 17.0. The van der Waals surface area contributed by atoms with Crippen molar-refractivity contribution in [2.75, 3.05) is 6.79 Å². The fraction of sp³-hybridized carbons (Fsp3) is 0.625. The first-order valence-electron chi connectivity index (χ1n) is 11.3. The maximum absolute atomic E-state index is 12.0.